The number of amides is 2. The van der Waals surface area contributed by atoms with Crippen molar-refractivity contribution in [1.82, 2.24) is 10.6 Å². The summed E-state index contributed by atoms with van der Waals surface area (Å²) >= 11 is 0. The van der Waals surface area contributed by atoms with Gasteiger partial charge in [0.25, 0.3) is 0 Å². The zero-order valence-corrected chi connectivity index (χ0v) is 13.9. The number of urea groups is 1. The van der Waals surface area contributed by atoms with Gasteiger partial charge in [0.2, 0.25) is 0 Å². The lowest BCUT2D eigenvalue weighted by molar-refractivity contribution is -0.274. The lowest BCUT2D eigenvalue weighted by Gasteiger charge is -2.18. The van der Waals surface area contributed by atoms with Gasteiger partial charge in [0.15, 0.2) is 0 Å². The first-order valence-corrected chi connectivity index (χ1v) is 7.70. The zero-order valence-electron chi connectivity index (χ0n) is 13.9. The van der Waals surface area contributed by atoms with Crippen LogP contribution in [0.2, 0.25) is 0 Å². The minimum atomic E-state index is -4.78. The van der Waals surface area contributed by atoms with Crippen LogP contribution in [0, 0.1) is 6.92 Å². The first-order chi connectivity index (χ1) is 11.8. The Bertz CT molecular complexity index is 732. The van der Waals surface area contributed by atoms with Gasteiger partial charge in [-0.1, -0.05) is 42.5 Å². The third kappa shape index (κ3) is 5.70. The van der Waals surface area contributed by atoms with Crippen LogP contribution in [0.5, 0.6) is 5.75 Å². The molecule has 134 valence electrons. The summed E-state index contributed by atoms with van der Waals surface area (Å²) in [5, 5.41) is 5.31. The van der Waals surface area contributed by atoms with E-state index < -0.39 is 12.4 Å². The predicted molar refractivity (Wildman–Crippen MR) is 88.1 cm³/mol. The number of alkyl halides is 3. The van der Waals surface area contributed by atoms with E-state index in [4.69, 9.17) is 0 Å². The lowest BCUT2D eigenvalue weighted by atomic mass is 10.0. The van der Waals surface area contributed by atoms with Crippen LogP contribution in [-0.2, 0) is 6.54 Å². The first kappa shape index (κ1) is 18.6. The topological polar surface area (TPSA) is 50.4 Å². The van der Waals surface area contributed by atoms with E-state index >= 15 is 0 Å². The summed E-state index contributed by atoms with van der Waals surface area (Å²) in [5.74, 6) is -0.331. The fourth-order valence-corrected chi connectivity index (χ4v) is 2.45. The number of hydrogen-bond donors (Lipinski definition) is 2. The molecule has 0 fully saturated rings. The van der Waals surface area contributed by atoms with Gasteiger partial charge in [-0.15, -0.1) is 13.2 Å². The van der Waals surface area contributed by atoms with E-state index in [-0.39, 0.29) is 23.9 Å². The number of hydrogen-bond acceptors (Lipinski definition) is 2. The highest BCUT2D eigenvalue weighted by molar-refractivity contribution is 5.74. The molecular formula is C18H19F3N2O2. The smallest absolute Gasteiger partial charge is 0.405 e. The van der Waals surface area contributed by atoms with Gasteiger partial charge in [-0.05, 0) is 31.0 Å². The number of nitrogens with one attached hydrogen (secondary N) is 2. The minimum Gasteiger partial charge on any atom is -0.405 e. The predicted octanol–water partition coefficient (Wildman–Crippen LogP) is 4.45. The number of aryl methyl sites for hydroxylation is 1. The highest BCUT2D eigenvalue weighted by Crippen LogP contribution is 2.26. The Morgan fingerprint density at radius 1 is 1.12 bits per heavy atom. The van der Waals surface area contributed by atoms with Gasteiger partial charge in [-0.3, -0.25) is 0 Å². The van der Waals surface area contributed by atoms with Gasteiger partial charge in [-0.25, -0.2) is 4.79 Å². The first-order valence-electron chi connectivity index (χ1n) is 7.70. The van der Waals surface area contributed by atoms with Crippen LogP contribution in [-0.4, -0.2) is 12.4 Å². The normalized spacial score (nSPS) is 12.4. The number of carbonyl (C=O) groups excluding carboxylic acids is 1. The monoisotopic (exact) mass is 352 g/mol. The maximum atomic E-state index is 12.4. The SMILES string of the molecule is Cc1ccccc1C(C)NC(=O)NCc1ccccc1OC(F)(F)F. The van der Waals surface area contributed by atoms with Crippen molar-refractivity contribution in [3.8, 4) is 5.75 Å². The molecule has 0 bridgehead atoms. The maximum absolute atomic E-state index is 12.4. The maximum Gasteiger partial charge on any atom is 0.573 e. The lowest BCUT2D eigenvalue weighted by Crippen LogP contribution is -2.37. The second kappa shape index (κ2) is 7.92. The molecule has 0 saturated heterocycles. The molecule has 0 radical (unpaired) electrons. The number of rotatable bonds is 5. The van der Waals surface area contributed by atoms with Gasteiger partial charge < -0.3 is 15.4 Å². The Morgan fingerprint density at radius 3 is 2.44 bits per heavy atom. The van der Waals surface area contributed by atoms with Gasteiger partial charge in [-0.2, -0.15) is 0 Å². The Balaban J connectivity index is 1.95. The number of ether oxygens (including phenoxy) is 1. The van der Waals surface area contributed by atoms with Gasteiger partial charge in [0.1, 0.15) is 5.75 Å². The molecule has 0 heterocycles. The van der Waals surface area contributed by atoms with Crippen LogP contribution >= 0.6 is 0 Å². The molecule has 0 aliphatic heterocycles. The molecule has 0 aliphatic carbocycles. The molecular weight excluding hydrogens is 333 g/mol. The molecule has 2 aromatic carbocycles. The molecule has 1 atom stereocenters. The fraction of sp³-hybridized carbons (Fsp3) is 0.278. The molecule has 1 unspecified atom stereocenters. The van der Waals surface area contributed by atoms with E-state index in [1.807, 2.05) is 38.1 Å². The Labute approximate surface area is 144 Å². The third-order valence-corrected chi connectivity index (χ3v) is 3.64. The van der Waals surface area contributed by atoms with E-state index in [0.29, 0.717) is 0 Å². The van der Waals surface area contributed by atoms with Gasteiger partial charge in [0, 0.05) is 12.1 Å². The Hall–Kier alpha value is -2.70. The van der Waals surface area contributed by atoms with Crippen molar-refractivity contribution in [3.63, 3.8) is 0 Å². The highest BCUT2D eigenvalue weighted by atomic mass is 19.4. The molecule has 7 heteroatoms. The second-order valence-electron chi connectivity index (χ2n) is 5.56. The molecule has 0 aromatic heterocycles. The van der Waals surface area contributed by atoms with Crippen molar-refractivity contribution in [2.75, 3.05) is 0 Å². The molecule has 2 N–H and O–H groups in total. The van der Waals surface area contributed by atoms with Crippen molar-refractivity contribution in [3.05, 3.63) is 65.2 Å². The number of halogens is 3. The molecule has 25 heavy (non-hydrogen) atoms. The van der Waals surface area contributed by atoms with Crippen LogP contribution in [0.15, 0.2) is 48.5 Å². The molecule has 2 aromatic rings. The quantitative estimate of drug-likeness (QED) is 0.835. The largest absolute Gasteiger partial charge is 0.573 e. The number of carbonyl (C=O) groups is 1. The van der Waals surface area contributed by atoms with Crippen LogP contribution in [0.3, 0.4) is 0 Å². The molecule has 0 spiro atoms. The fourth-order valence-electron chi connectivity index (χ4n) is 2.45. The standard InChI is InChI=1S/C18H19F3N2O2/c1-12-7-3-5-9-15(12)13(2)23-17(24)22-11-14-8-4-6-10-16(14)25-18(19,20)21/h3-10,13H,11H2,1-2H3,(H2,22,23,24). The van der Waals surface area contributed by atoms with E-state index in [1.54, 1.807) is 6.07 Å². The minimum absolute atomic E-state index is 0.0847. The van der Waals surface area contributed by atoms with Crippen molar-refractivity contribution in [1.29, 1.82) is 0 Å². The summed E-state index contributed by atoms with van der Waals surface area (Å²) in [6.45, 7) is 3.69. The average Bonchev–Trinajstić information content (AvgIpc) is 2.53. The Kier molecular flexibility index (Phi) is 5.90. The van der Waals surface area contributed by atoms with Crippen molar-refractivity contribution in [2.45, 2.75) is 32.8 Å². The number of benzene rings is 2. The molecule has 0 saturated carbocycles. The van der Waals surface area contributed by atoms with Crippen molar-refractivity contribution in [2.24, 2.45) is 0 Å². The molecule has 0 aliphatic rings. The summed E-state index contributed by atoms with van der Waals surface area (Å²) in [5.41, 5.74) is 2.25. The molecule has 2 rings (SSSR count). The molecule has 4 nitrogen and oxygen atoms in total. The average molecular weight is 352 g/mol. The summed E-state index contributed by atoms with van der Waals surface area (Å²) in [4.78, 5) is 12.0. The zero-order chi connectivity index (χ0) is 18.4. The van der Waals surface area contributed by atoms with E-state index in [1.165, 1.54) is 18.2 Å². The van der Waals surface area contributed by atoms with Gasteiger partial charge >= 0.3 is 12.4 Å². The third-order valence-electron chi connectivity index (χ3n) is 3.64. The van der Waals surface area contributed by atoms with E-state index in [0.717, 1.165) is 11.1 Å². The second-order valence-corrected chi connectivity index (χ2v) is 5.56. The van der Waals surface area contributed by atoms with Crippen LogP contribution in [0.25, 0.3) is 0 Å². The van der Waals surface area contributed by atoms with Crippen molar-refractivity contribution < 1.29 is 22.7 Å². The summed E-state index contributed by atoms with van der Waals surface area (Å²) in [6.07, 6.45) is -4.78. The van der Waals surface area contributed by atoms with Crippen molar-refractivity contribution >= 4 is 6.03 Å². The van der Waals surface area contributed by atoms with Gasteiger partial charge in [0.05, 0.1) is 6.04 Å². The van der Waals surface area contributed by atoms with Crippen LogP contribution < -0.4 is 15.4 Å². The molecule has 2 amide bonds. The summed E-state index contributed by atoms with van der Waals surface area (Å²) in [7, 11) is 0. The van der Waals surface area contributed by atoms with Crippen LogP contribution in [0.1, 0.15) is 29.7 Å². The Morgan fingerprint density at radius 2 is 1.76 bits per heavy atom. The van der Waals surface area contributed by atoms with E-state index in [9.17, 15) is 18.0 Å². The summed E-state index contributed by atoms with van der Waals surface area (Å²) < 4.78 is 41.1. The number of para-hydroxylation sites is 1. The van der Waals surface area contributed by atoms with E-state index in [2.05, 4.69) is 15.4 Å². The van der Waals surface area contributed by atoms with Crippen LogP contribution in [0.4, 0.5) is 18.0 Å². The summed E-state index contributed by atoms with van der Waals surface area (Å²) in [6, 6.07) is 12.6. The highest BCUT2D eigenvalue weighted by Gasteiger charge is 2.32.